The van der Waals surface area contributed by atoms with Gasteiger partial charge in [-0.2, -0.15) is 0 Å². The van der Waals surface area contributed by atoms with Gasteiger partial charge in [0.1, 0.15) is 5.69 Å². The fourth-order valence-corrected chi connectivity index (χ4v) is 1.37. The number of carboxylic acid groups (broad SMARTS) is 1. The van der Waals surface area contributed by atoms with E-state index in [9.17, 15) is 9.59 Å². The quantitative estimate of drug-likeness (QED) is 0.743. The van der Waals surface area contributed by atoms with Crippen LogP contribution in [0.1, 0.15) is 36.2 Å². The molecule has 0 saturated carbocycles. The van der Waals surface area contributed by atoms with E-state index in [4.69, 9.17) is 5.11 Å². The number of carbonyl (C=O) groups excluding carboxylic acids is 1. The summed E-state index contributed by atoms with van der Waals surface area (Å²) >= 11 is 0. The van der Waals surface area contributed by atoms with Gasteiger partial charge < -0.3 is 10.4 Å². The third-order valence-electron chi connectivity index (χ3n) is 2.25. The average Bonchev–Trinajstić information content (AvgIpc) is 2.34. The third kappa shape index (κ3) is 6.85. The van der Waals surface area contributed by atoms with E-state index in [1.54, 1.807) is 24.4 Å². The van der Waals surface area contributed by atoms with Crippen LogP contribution in [0.25, 0.3) is 0 Å². The second-order valence-electron chi connectivity index (χ2n) is 3.68. The molecule has 0 aliphatic heterocycles. The molecule has 0 aliphatic rings. The highest BCUT2D eigenvalue weighted by Gasteiger charge is 2.04. The Bertz CT molecular complexity index is 371. The molecule has 0 aliphatic carbocycles. The molecule has 1 aromatic rings. The lowest BCUT2D eigenvalue weighted by Gasteiger charge is -2.03. The molecule has 1 rings (SSSR count). The molecule has 0 fully saturated rings. The molecule has 0 bridgehead atoms. The number of nitrogens with zero attached hydrogens (tertiary/aromatic N) is 1. The summed E-state index contributed by atoms with van der Waals surface area (Å²) in [5.41, 5.74) is 0.401. The summed E-state index contributed by atoms with van der Waals surface area (Å²) in [6, 6.07) is 5.16. The van der Waals surface area contributed by atoms with Crippen LogP contribution in [0.2, 0.25) is 0 Å². The number of unbranched alkanes of at least 4 members (excludes halogenated alkanes) is 2. The van der Waals surface area contributed by atoms with Gasteiger partial charge in [0.2, 0.25) is 0 Å². The number of halogens is 1. The molecule has 1 amide bonds. The van der Waals surface area contributed by atoms with Crippen molar-refractivity contribution in [3.63, 3.8) is 0 Å². The summed E-state index contributed by atoms with van der Waals surface area (Å²) in [6.45, 7) is 0.551. The van der Waals surface area contributed by atoms with Crippen molar-refractivity contribution in [1.82, 2.24) is 10.3 Å². The predicted molar refractivity (Wildman–Crippen MR) is 69.9 cm³/mol. The molecule has 5 nitrogen and oxygen atoms in total. The first-order valence-electron chi connectivity index (χ1n) is 5.61. The first-order chi connectivity index (χ1) is 8.20. The van der Waals surface area contributed by atoms with Gasteiger partial charge in [-0.1, -0.05) is 12.5 Å². The highest BCUT2D eigenvalue weighted by Crippen LogP contribution is 1.99. The Morgan fingerprint density at radius 1 is 1.22 bits per heavy atom. The van der Waals surface area contributed by atoms with Gasteiger partial charge in [-0.15, -0.1) is 12.4 Å². The normalized spacial score (nSPS) is 9.33. The highest BCUT2D eigenvalue weighted by molar-refractivity contribution is 5.92. The van der Waals surface area contributed by atoms with Gasteiger partial charge in [0.05, 0.1) is 0 Å². The maximum atomic E-state index is 11.5. The number of carbonyl (C=O) groups is 2. The van der Waals surface area contributed by atoms with E-state index in [1.165, 1.54) is 0 Å². The van der Waals surface area contributed by atoms with E-state index in [-0.39, 0.29) is 24.7 Å². The zero-order valence-corrected chi connectivity index (χ0v) is 10.8. The number of carboxylic acids is 1. The lowest BCUT2D eigenvalue weighted by atomic mass is 10.2. The van der Waals surface area contributed by atoms with Crippen molar-refractivity contribution in [1.29, 1.82) is 0 Å². The Balaban J connectivity index is 0.00000289. The van der Waals surface area contributed by atoms with Crippen LogP contribution < -0.4 is 5.32 Å². The SMILES string of the molecule is Cl.O=C(O)CCCCCNC(=O)c1ccccn1. The summed E-state index contributed by atoms with van der Waals surface area (Å²) in [6.07, 6.45) is 3.99. The van der Waals surface area contributed by atoms with Crippen molar-refractivity contribution in [2.45, 2.75) is 25.7 Å². The monoisotopic (exact) mass is 272 g/mol. The lowest BCUT2D eigenvalue weighted by Crippen LogP contribution is -2.25. The first-order valence-corrected chi connectivity index (χ1v) is 5.61. The van der Waals surface area contributed by atoms with Crippen molar-refractivity contribution in [2.75, 3.05) is 6.54 Å². The molecule has 0 unspecified atom stereocenters. The minimum atomic E-state index is -0.775. The molecule has 0 aromatic carbocycles. The Morgan fingerprint density at radius 2 is 2.00 bits per heavy atom. The highest BCUT2D eigenvalue weighted by atomic mass is 35.5. The molecule has 100 valence electrons. The van der Waals surface area contributed by atoms with Crippen LogP contribution in [-0.2, 0) is 4.79 Å². The van der Waals surface area contributed by atoms with Crippen molar-refractivity contribution in [2.24, 2.45) is 0 Å². The number of aromatic nitrogens is 1. The number of amides is 1. The maximum Gasteiger partial charge on any atom is 0.303 e. The van der Waals surface area contributed by atoms with Gasteiger partial charge >= 0.3 is 5.97 Å². The van der Waals surface area contributed by atoms with Crippen LogP contribution in [0.3, 0.4) is 0 Å². The van der Waals surface area contributed by atoms with Crippen molar-refractivity contribution < 1.29 is 14.7 Å². The van der Waals surface area contributed by atoms with E-state index in [2.05, 4.69) is 10.3 Å². The number of pyridine rings is 1. The molecular formula is C12H17ClN2O3. The van der Waals surface area contributed by atoms with Crippen LogP contribution in [-0.4, -0.2) is 28.5 Å². The van der Waals surface area contributed by atoms with Crippen LogP contribution in [0.15, 0.2) is 24.4 Å². The van der Waals surface area contributed by atoms with Crippen LogP contribution in [0, 0.1) is 0 Å². The molecule has 18 heavy (non-hydrogen) atoms. The zero-order chi connectivity index (χ0) is 12.5. The summed E-state index contributed by atoms with van der Waals surface area (Å²) in [4.78, 5) is 25.7. The standard InChI is InChI=1S/C12H16N2O3.ClH/c15-11(16)7-2-1-4-9-14-12(17)10-6-3-5-8-13-10;/h3,5-6,8H,1-2,4,7,9H2,(H,14,17)(H,15,16);1H. The van der Waals surface area contributed by atoms with Crippen molar-refractivity contribution in [3.8, 4) is 0 Å². The van der Waals surface area contributed by atoms with E-state index in [1.807, 2.05) is 0 Å². The van der Waals surface area contributed by atoms with Gasteiger partial charge in [-0.25, -0.2) is 0 Å². The molecule has 1 aromatic heterocycles. The fourth-order valence-electron chi connectivity index (χ4n) is 1.37. The molecule has 1 heterocycles. The number of hydrogen-bond donors (Lipinski definition) is 2. The molecule has 2 N–H and O–H groups in total. The van der Waals surface area contributed by atoms with Crippen molar-refractivity contribution in [3.05, 3.63) is 30.1 Å². The Kier molecular flexibility index (Phi) is 8.57. The number of hydrogen-bond acceptors (Lipinski definition) is 3. The van der Waals surface area contributed by atoms with Crippen molar-refractivity contribution >= 4 is 24.3 Å². The minimum absolute atomic E-state index is 0. The molecule has 0 atom stereocenters. The molecule has 6 heteroatoms. The van der Waals surface area contributed by atoms with Gasteiger partial charge in [-0.3, -0.25) is 14.6 Å². The molecule has 0 spiro atoms. The van der Waals surface area contributed by atoms with Crippen LogP contribution in [0.4, 0.5) is 0 Å². The topological polar surface area (TPSA) is 79.3 Å². The van der Waals surface area contributed by atoms with E-state index >= 15 is 0 Å². The molecule has 0 radical (unpaired) electrons. The summed E-state index contributed by atoms with van der Waals surface area (Å²) < 4.78 is 0. The second kappa shape index (κ2) is 9.41. The van der Waals surface area contributed by atoms with Gasteiger partial charge in [0, 0.05) is 19.2 Å². The maximum absolute atomic E-state index is 11.5. The average molecular weight is 273 g/mol. The van der Waals surface area contributed by atoms with E-state index in [0.29, 0.717) is 18.7 Å². The summed E-state index contributed by atoms with van der Waals surface area (Å²) in [7, 11) is 0. The van der Waals surface area contributed by atoms with Gasteiger partial charge in [-0.05, 0) is 25.0 Å². The summed E-state index contributed by atoms with van der Waals surface area (Å²) in [5.74, 6) is -0.966. The predicted octanol–water partition coefficient (Wildman–Crippen LogP) is 1.88. The zero-order valence-electron chi connectivity index (χ0n) is 9.96. The Morgan fingerprint density at radius 3 is 2.61 bits per heavy atom. The minimum Gasteiger partial charge on any atom is -0.481 e. The van der Waals surface area contributed by atoms with E-state index in [0.717, 1.165) is 12.8 Å². The third-order valence-corrected chi connectivity index (χ3v) is 2.25. The number of aliphatic carboxylic acids is 1. The fraction of sp³-hybridized carbons (Fsp3) is 0.417. The number of rotatable bonds is 7. The lowest BCUT2D eigenvalue weighted by molar-refractivity contribution is -0.137. The van der Waals surface area contributed by atoms with Gasteiger partial charge in [0.15, 0.2) is 0 Å². The molecule has 0 saturated heterocycles. The van der Waals surface area contributed by atoms with Gasteiger partial charge in [0.25, 0.3) is 5.91 Å². The first kappa shape index (κ1) is 16.4. The molecular weight excluding hydrogens is 256 g/mol. The van der Waals surface area contributed by atoms with E-state index < -0.39 is 5.97 Å². The Hall–Kier alpha value is -1.62. The van der Waals surface area contributed by atoms with Crippen LogP contribution in [0.5, 0.6) is 0 Å². The Labute approximate surface area is 112 Å². The second-order valence-corrected chi connectivity index (χ2v) is 3.68. The largest absolute Gasteiger partial charge is 0.481 e. The summed E-state index contributed by atoms with van der Waals surface area (Å²) in [5, 5.41) is 11.2. The number of nitrogens with one attached hydrogen (secondary N) is 1. The smallest absolute Gasteiger partial charge is 0.303 e. The van der Waals surface area contributed by atoms with Crippen LogP contribution >= 0.6 is 12.4 Å².